The maximum atomic E-state index is 4.32. The van der Waals surface area contributed by atoms with Crippen molar-refractivity contribution in [2.24, 2.45) is 0 Å². The number of aromatic nitrogens is 4. The van der Waals surface area contributed by atoms with Crippen molar-refractivity contribution in [3.05, 3.63) is 30.1 Å². The van der Waals surface area contributed by atoms with E-state index >= 15 is 0 Å². The molecule has 2 aromatic rings. The van der Waals surface area contributed by atoms with E-state index in [0.29, 0.717) is 10.9 Å². The first-order chi connectivity index (χ1) is 6.75. The fourth-order valence-electron chi connectivity index (χ4n) is 1.10. The molecule has 14 heavy (non-hydrogen) atoms. The van der Waals surface area contributed by atoms with Gasteiger partial charge in [0.15, 0.2) is 0 Å². The minimum absolute atomic E-state index is 0.353. The van der Waals surface area contributed by atoms with E-state index in [0.717, 1.165) is 11.4 Å². The van der Waals surface area contributed by atoms with Crippen LogP contribution in [0.5, 0.6) is 0 Å². The van der Waals surface area contributed by atoms with E-state index in [4.69, 9.17) is 0 Å². The van der Waals surface area contributed by atoms with Gasteiger partial charge in [-0.05, 0) is 19.1 Å². The van der Waals surface area contributed by atoms with Crippen molar-refractivity contribution in [1.82, 2.24) is 20.2 Å². The summed E-state index contributed by atoms with van der Waals surface area (Å²) in [5.41, 5.74) is 2.42. The van der Waals surface area contributed by atoms with Gasteiger partial charge in [-0.1, -0.05) is 6.07 Å². The molecule has 2 heterocycles. The van der Waals surface area contributed by atoms with Crippen molar-refractivity contribution in [1.29, 1.82) is 0 Å². The summed E-state index contributed by atoms with van der Waals surface area (Å²) in [6.45, 7) is 1.93. The van der Waals surface area contributed by atoms with Crippen molar-refractivity contribution in [2.45, 2.75) is 12.1 Å². The van der Waals surface area contributed by atoms with Crippen molar-refractivity contribution < 1.29 is 0 Å². The summed E-state index contributed by atoms with van der Waals surface area (Å²) >= 11 is 4.02. The fourth-order valence-corrected chi connectivity index (χ4v) is 1.26. The van der Waals surface area contributed by atoms with Crippen LogP contribution in [0.4, 0.5) is 0 Å². The van der Waals surface area contributed by atoms with Gasteiger partial charge in [-0.15, -0.1) is 17.7 Å². The van der Waals surface area contributed by atoms with Gasteiger partial charge in [0, 0.05) is 5.69 Å². The van der Waals surface area contributed by atoms with E-state index in [2.05, 4.69) is 32.8 Å². The summed E-state index contributed by atoms with van der Waals surface area (Å²) in [6, 6.07) is 5.74. The first-order valence-electron chi connectivity index (χ1n) is 4.08. The summed E-state index contributed by atoms with van der Waals surface area (Å²) in [5, 5.41) is 7.78. The zero-order valence-electron chi connectivity index (χ0n) is 7.55. The van der Waals surface area contributed by atoms with Gasteiger partial charge in [0.2, 0.25) is 5.16 Å². The molecule has 0 spiro atoms. The predicted octanol–water partition coefficient (Wildman–Crippen LogP) is 1.53. The summed E-state index contributed by atoms with van der Waals surface area (Å²) < 4.78 is 0. The molecule has 0 saturated carbocycles. The molecule has 4 nitrogen and oxygen atoms in total. The summed E-state index contributed by atoms with van der Waals surface area (Å²) in [4.78, 5) is 8.43. The quantitative estimate of drug-likeness (QED) is 0.716. The van der Waals surface area contributed by atoms with Crippen LogP contribution < -0.4 is 0 Å². The van der Waals surface area contributed by atoms with Gasteiger partial charge in [-0.3, -0.25) is 4.98 Å². The standard InChI is InChI=1S/C9H8N4S/c1-6-3-2-4-7(11-6)8-5-10-13-9(14)12-8/h2-5H,1H3,(H,12,13,14). The number of pyridine rings is 1. The van der Waals surface area contributed by atoms with Crippen LogP contribution in [0, 0.1) is 6.92 Å². The molecule has 0 amide bonds. The molecule has 0 radical (unpaired) electrons. The largest absolute Gasteiger partial charge is 0.251 e. The Labute approximate surface area is 86.9 Å². The monoisotopic (exact) mass is 204 g/mol. The highest BCUT2D eigenvalue weighted by atomic mass is 32.1. The normalized spacial score (nSPS) is 10.1. The SMILES string of the molecule is Cc1cccc(-c2cnnc(S)n2)n1. The second-order valence-corrected chi connectivity index (χ2v) is 3.21. The van der Waals surface area contributed by atoms with Crippen LogP contribution in [0.2, 0.25) is 0 Å². The van der Waals surface area contributed by atoms with E-state index in [1.54, 1.807) is 6.20 Å². The molecule has 0 aromatic carbocycles. The van der Waals surface area contributed by atoms with E-state index in [9.17, 15) is 0 Å². The van der Waals surface area contributed by atoms with Crippen LogP contribution >= 0.6 is 12.6 Å². The fraction of sp³-hybridized carbons (Fsp3) is 0.111. The zero-order valence-corrected chi connectivity index (χ0v) is 8.44. The molecule has 0 unspecified atom stereocenters. The van der Waals surface area contributed by atoms with Crippen molar-refractivity contribution in [3.63, 3.8) is 0 Å². The molecule has 2 rings (SSSR count). The lowest BCUT2D eigenvalue weighted by atomic mass is 10.2. The van der Waals surface area contributed by atoms with Gasteiger partial charge in [0.05, 0.1) is 11.9 Å². The van der Waals surface area contributed by atoms with Crippen LogP contribution in [0.15, 0.2) is 29.6 Å². The van der Waals surface area contributed by atoms with E-state index in [1.807, 2.05) is 25.1 Å². The van der Waals surface area contributed by atoms with Crippen LogP contribution in [-0.2, 0) is 0 Å². The Kier molecular flexibility index (Phi) is 2.41. The van der Waals surface area contributed by atoms with Crippen molar-refractivity contribution in [3.8, 4) is 11.4 Å². The molecule has 2 aromatic heterocycles. The van der Waals surface area contributed by atoms with Gasteiger partial charge >= 0.3 is 0 Å². The topological polar surface area (TPSA) is 51.6 Å². The van der Waals surface area contributed by atoms with Crippen LogP contribution in [0.1, 0.15) is 5.69 Å². The molecule has 0 atom stereocenters. The highest BCUT2D eigenvalue weighted by molar-refractivity contribution is 7.80. The van der Waals surface area contributed by atoms with Gasteiger partial charge < -0.3 is 0 Å². The summed E-state index contributed by atoms with van der Waals surface area (Å²) in [5.74, 6) is 0. The number of rotatable bonds is 1. The molecular weight excluding hydrogens is 196 g/mol. The third kappa shape index (κ3) is 1.88. The van der Waals surface area contributed by atoms with Crippen LogP contribution in [0.25, 0.3) is 11.4 Å². The second-order valence-electron chi connectivity index (χ2n) is 2.81. The Morgan fingerprint density at radius 3 is 2.71 bits per heavy atom. The minimum atomic E-state index is 0.353. The number of hydrogen-bond acceptors (Lipinski definition) is 5. The first kappa shape index (κ1) is 9.08. The highest BCUT2D eigenvalue weighted by Gasteiger charge is 2.02. The minimum Gasteiger partial charge on any atom is -0.251 e. The summed E-state index contributed by atoms with van der Waals surface area (Å²) in [6.07, 6.45) is 1.57. The lowest BCUT2D eigenvalue weighted by molar-refractivity contribution is 0.845. The number of nitrogens with zero attached hydrogens (tertiary/aromatic N) is 4. The van der Waals surface area contributed by atoms with Gasteiger partial charge in [-0.25, -0.2) is 4.98 Å². The third-order valence-electron chi connectivity index (χ3n) is 1.70. The molecule has 5 heteroatoms. The third-order valence-corrected chi connectivity index (χ3v) is 1.89. The molecule has 0 aliphatic rings. The zero-order chi connectivity index (χ0) is 9.97. The smallest absolute Gasteiger partial charge is 0.206 e. The molecule has 0 N–H and O–H groups in total. The Morgan fingerprint density at radius 2 is 2.00 bits per heavy atom. The Hall–Kier alpha value is -1.49. The van der Waals surface area contributed by atoms with Crippen molar-refractivity contribution in [2.75, 3.05) is 0 Å². The van der Waals surface area contributed by atoms with Gasteiger partial charge in [0.1, 0.15) is 5.69 Å². The molecule has 0 fully saturated rings. The Morgan fingerprint density at radius 1 is 1.14 bits per heavy atom. The lowest BCUT2D eigenvalue weighted by Crippen LogP contribution is -1.93. The van der Waals surface area contributed by atoms with E-state index < -0.39 is 0 Å². The number of aryl methyl sites for hydroxylation is 1. The van der Waals surface area contributed by atoms with Gasteiger partial charge in [-0.2, -0.15) is 5.10 Å². The molecule has 70 valence electrons. The van der Waals surface area contributed by atoms with Crippen LogP contribution in [-0.4, -0.2) is 20.2 Å². The van der Waals surface area contributed by atoms with E-state index in [1.165, 1.54) is 0 Å². The predicted molar refractivity (Wildman–Crippen MR) is 55.0 cm³/mol. The Bertz CT molecular complexity index is 415. The maximum absolute atomic E-state index is 4.32. The van der Waals surface area contributed by atoms with Gasteiger partial charge in [0.25, 0.3) is 0 Å². The number of hydrogen-bond donors (Lipinski definition) is 1. The molecular formula is C9H8N4S. The first-order valence-corrected chi connectivity index (χ1v) is 4.53. The number of thiol groups is 1. The second kappa shape index (κ2) is 3.71. The van der Waals surface area contributed by atoms with Crippen molar-refractivity contribution >= 4 is 12.6 Å². The molecule has 0 saturated heterocycles. The Balaban J connectivity index is 2.49. The summed E-state index contributed by atoms with van der Waals surface area (Å²) in [7, 11) is 0. The molecule has 0 aliphatic heterocycles. The molecule has 0 aliphatic carbocycles. The average molecular weight is 204 g/mol. The lowest BCUT2D eigenvalue weighted by Gasteiger charge is -1.99. The van der Waals surface area contributed by atoms with E-state index in [-0.39, 0.29) is 0 Å². The maximum Gasteiger partial charge on any atom is 0.206 e. The molecule has 0 bridgehead atoms. The highest BCUT2D eigenvalue weighted by Crippen LogP contribution is 2.13. The van der Waals surface area contributed by atoms with Crippen LogP contribution in [0.3, 0.4) is 0 Å². The average Bonchev–Trinajstić information content (AvgIpc) is 2.18.